The van der Waals surface area contributed by atoms with Crippen LogP contribution in [-0.2, 0) is 23.7 Å². The molecule has 3 aliphatic heterocycles. The number of ether oxygens (including phenoxy) is 6. The molecule has 0 saturated carbocycles. The van der Waals surface area contributed by atoms with Crippen LogP contribution in [0.4, 0.5) is 0 Å². The second-order valence-corrected chi connectivity index (χ2v) is 12.8. The van der Waals surface area contributed by atoms with E-state index in [0.717, 1.165) is 12.1 Å². The first-order valence-electron chi connectivity index (χ1n) is 16.2. The molecule has 3 fully saturated rings. The first kappa shape index (κ1) is 38.2. The fraction of sp³-hybridized carbons (Fsp3) is 0.545. The molecule has 0 aliphatic carbocycles. The van der Waals surface area contributed by atoms with Gasteiger partial charge in [-0.25, -0.2) is 0 Å². The maximum Gasteiger partial charge on any atom is 0.229 e. The van der Waals surface area contributed by atoms with Gasteiger partial charge in [-0.1, -0.05) is 0 Å². The van der Waals surface area contributed by atoms with Crippen LogP contribution >= 0.6 is 0 Å². The minimum absolute atomic E-state index is 0.0300. The van der Waals surface area contributed by atoms with Crippen molar-refractivity contribution >= 4 is 11.0 Å². The van der Waals surface area contributed by atoms with Crippen molar-refractivity contribution in [3.63, 3.8) is 0 Å². The Labute approximate surface area is 293 Å². The molecule has 0 amide bonds. The first-order valence-corrected chi connectivity index (χ1v) is 16.2. The number of rotatable bonds is 9. The zero-order chi connectivity index (χ0) is 37.6. The summed E-state index contributed by atoms with van der Waals surface area (Å²) < 4.78 is 39.9. The Morgan fingerprint density at radius 2 is 1.33 bits per heavy atom. The third-order valence-electron chi connectivity index (χ3n) is 9.20. The molecule has 0 radical (unpaired) electrons. The Morgan fingerprint density at radius 3 is 2.02 bits per heavy atom. The number of aromatic hydroxyl groups is 2. The van der Waals surface area contributed by atoms with Crippen molar-refractivity contribution < 1.29 is 89.0 Å². The fourth-order valence-electron chi connectivity index (χ4n) is 6.17. The minimum atomic E-state index is -1.95. The number of phenolic OH excluding ortho intramolecular Hbond substituents is 2. The molecule has 6 rings (SSSR count). The molecule has 3 saturated heterocycles. The highest BCUT2D eigenvalue weighted by Crippen LogP contribution is 2.35. The van der Waals surface area contributed by atoms with Gasteiger partial charge in [0, 0.05) is 23.8 Å². The number of benzene rings is 2. The van der Waals surface area contributed by atoms with Gasteiger partial charge < -0.3 is 89.0 Å². The Kier molecular flexibility index (Phi) is 11.4. The van der Waals surface area contributed by atoms with E-state index < -0.39 is 117 Å². The van der Waals surface area contributed by atoms with Crippen LogP contribution in [0, 0.1) is 0 Å². The molecule has 19 nitrogen and oxygen atoms in total. The number of phenols is 2. The van der Waals surface area contributed by atoms with Crippen LogP contribution in [0.3, 0.4) is 0 Å². The fourth-order valence-corrected chi connectivity index (χ4v) is 6.17. The number of hydrogen-bond acceptors (Lipinski definition) is 19. The molecule has 15 atom stereocenters. The summed E-state index contributed by atoms with van der Waals surface area (Å²) in [7, 11) is 0. The molecular formula is C33H40O19. The zero-order valence-electron chi connectivity index (χ0n) is 27.3. The van der Waals surface area contributed by atoms with E-state index in [1.165, 1.54) is 37.3 Å². The van der Waals surface area contributed by atoms with E-state index in [9.17, 15) is 61.0 Å². The van der Waals surface area contributed by atoms with Gasteiger partial charge in [-0.3, -0.25) is 4.79 Å². The summed E-state index contributed by atoms with van der Waals surface area (Å²) in [5, 5.41) is 114. The summed E-state index contributed by atoms with van der Waals surface area (Å²) in [6.07, 6.45) is -24.9. The minimum Gasteiger partial charge on any atom is -0.508 e. The average molecular weight is 741 g/mol. The van der Waals surface area contributed by atoms with Crippen molar-refractivity contribution in [3.05, 3.63) is 52.7 Å². The van der Waals surface area contributed by atoms with Gasteiger partial charge in [-0.15, -0.1) is 0 Å². The van der Waals surface area contributed by atoms with Gasteiger partial charge in [-0.05, 0) is 31.2 Å². The first-order chi connectivity index (χ1) is 24.7. The normalized spacial score (nSPS) is 38.3. The van der Waals surface area contributed by atoms with Crippen LogP contribution in [0.15, 0.2) is 51.7 Å². The van der Waals surface area contributed by atoms with Crippen molar-refractivity contribution in [2.75, 3.05) is 13.2 Å². The smallest absolute Gasteiger partial charge is 0.229 e. The molecule has 4 heterocycles. The van der Waals surface area contributed by atoms with Gasteiger partial charge in [0.25, 0.3) is 0 Å². The molecule has 3 aromatic rings. The van der Waals surface area contributed by atoms with Crippen LogP contribution in [0.1, 0.15) is 6.92 Å². The van der Waals surface area contributed by atoms with E-state index >= 15 is 0 Å². The van der Waals surface area contributed by atoms with Gasteiger partial charge in [0.15, 0.2) is 24.1 Å². The topological polar surface area (TPSA) is 308 Å². The van der Waals surface area contributed by atoms with E-state index in [4.69, 9.17) is 32.8 Å². The molecule has 0 spiro atoms. The van der Waals surface area contributed by atoms with Crippen molar-refractivity contribution in [1.29, 1.82) is 0 Å². The summed E-state index contributed by atoms with van der Waals surface area (Å²) in [5.41, 5.74) is -0.373. The second kappa shape index (κ2) is 15.5. The van der Waals surface area contributed by atoms with E-state index in [-0.39, 0.29) is 28.2 Å². The van der Waals surface area contributed by atoms with E-state index in [2.05, 4.69) is 0 Å². The lowest BCUT2D eigenvalue weighted by Crippen LogP contribution is -2.65. The molecular weight excluding hydrogens is 700 g/mol. The van der Waals surface area contributed by atoms with Crippen LogP contribution in [-0.4, -0.2) is 162 Å². The molecule has 0 unspecified atom stereocenters. The summed E-state index contributed by atoms with van der Waals surface area (Å²) in [5.74, 6) is -0.776. The molecule has 52 heavy (non-hydrogen) atoms. The molecule has 286 valence electrons. The monoisotopic (exact) mass is 740 g/mol. The molecule has 19 heteroatoms. The van der Waals surface area contributed by atoms with Crippen LogP contribution in [0.25, 0.3) is 22.3 Å². The highest BCUT2D eigenvalue weighted by Gasteiger charge is 2.52. The zero-order valence-corrected chi connectivity index (χ0v) is 27.3. The second-order valence-electron chi connectivity index (χ2n) is 12.8. The predicted octanol–water partition coefficient (Wildman–Crippen LogP) is -3.27. The number of aliphatic hydroxyl groups excluding tert-OH is 9. The maximum absolute atomic E-state index is 13.0. The van der Waals surface area contributed by atoms with Crippen molar-refractivity contribution in [2.45, 2.75) is 99.0 Å². The van der Waals surface area contributed by atoms with Crippen LogP contribution in [0.5, 0.6) is 17.2 Å². The summed E-state index contributed by atoms with van der Waals surface area (Å²) >= 11 is 0. The van der Waals surface area contributed by atoms with Gasteiger partial charge >= 0.3 is 0 Å². The summed E-state index contributed by atoms with van der Waals surface area (Å²) in [6.45, 7) is 0.00494. The van der Waals surface area contributed by atoms with Crippen molar-refractivity contribution in [1.82, 2.24) is 0 Å². The Bertz CT molecular complexity index is 1730. The van der Waals surface area contributed by atoms with Gasteiger partial charge in [0.2, 0.25) is 6.29 Å². The molecule has 1 aromatic heterocycles. The third-order valence-corrected chi connectivity index (χ3v) is 9.20. The van der Waals surface area contributed by atoms with Gasteiger partial charge in [0.05, 0.1) is 19.3 Å². The summed E-state index contributed by atoms with van der Waals surface area (Å²) in [4.78, 5) is 13.0. The van der Waals surface area contributed by atoms with Gasteiger partial charge in [0.1, 0.15) is 95.0 Å². The largest absolute Gasteiger partial charge is 0.508 e. The lowest BCUT2D eigenvalue weighted by atomic mass is 9.97. The van der Waals surface area contributed by atoms with Crippen LogP contribution in [0.2, 0.25) is 0 Å². The third kappa shape index (κ3) is 7.47. The van der Waals surface area contributed by atoms with E-state index in [1.54, 1.807) is 0 Å². The van der Waals surface area contributed by atoms with Crippen molar-refractivity contribution in [2.24, 2.45) is 0 Å². The molecule has 3 aliphatic rings. The highest BCUT2D eigenvalue weighted by atomic mass is 16.8. The SMILES string of the molecule is C[C@@H]1O[C@@H](OC[C@H]2O[C@@H](Oc3cc(O)c4c(=O)cc(-c5ccc(O)cc5)oc4c3)[C@H](O[C@@H]3O[C@H](CO)[C@@H](O)[C@H](O)[C@H]3O)[C@@H](O)[C@@H]2O)[C@H](O)[C@H](O)[C@H]1O. The van der Waals surface area contributed by atoms with Gasteiger partial charge in [-0.2, -0.15) is 0 Å². The van der Waals surface area contributed by atoms with E-state index in [1.807, 2.05) is 0 Å². The van der Waals surface area contributed by atoms with Crippen LogP contribution < -0.4 is 10.2 Å². The quantitative estimate of drug-likeness (QED) is 0.102. The molecule has 11 N–H and O–H groups in total. The summed E-state index contributed by atoms with van der Waals surface area (Å²) in [6, 6.07) is 9.10. The molecule has 2 aromatic carbocycles. The van der Waals surface area contributed by atoms with Crippen molar-refractivity contribution in [3.8, 4) is 28.6 Å². The Balaban J connectivity index is 1.30. The van der Waals surface area contributed by atoms with E-state index in [0.29, 0.717) is 5.56 Å². The average Bonchev–Trinajstić information content (AvgIpc) is 3.11. The lowest BCUT2D eigenvalue weighted by Gasteiger charge is -2.46. The number of fused-ring (bicyclic) bond motifs is 1. The highest BCUT2D eigenvalue weighted by molar-refractivity contribution is 5.86. The predicted molar refractivity (Wildman–Crippen MR) is 169 cm³/mol. The lowest BCUT2D eigenvalue weighted by molar-refractivity contribution is -0.362. The Morgan fingerprint density at radius 1 is 0.692 bits per heavy atom. The standard InChI is InChI=1S/C33H40O19/c1-11-22(38)25(41)28(44)31(47-11)46-10-20-24(40)27(43)30(52-32-29(45)26(42)23(39)19(9-34)50-32)33(51-20)48-14-6-15(36)21-16(37)8-17(49-18(21)7-14)12-2-4-13(35)5-3-12/h2-8,11,19-20,22-36,38-45H,9-10H2,1H3/t11-,19+,20+,22-,23+,24+,25+,26-,27-,28+,29+,30+,31+,32-,33+/m0/s1. The maximum atomic E-state index is 13.0. The molecule has 0 bridgehead atoms. The Hall–Kier alpha value is -3.51. The number of hydrogen-bond donors (Lipinski definition) is 11. The number of aliphatic hydroxyl groups is 9.